The zero-order valence-corrected chi connectivity index (χ0v) is 17.5. The summed E-state index contributed by atoms with van der Waals surface area (Å²) < 4.78 is 1.93. The summed E-state index contributed by atoms with van der Waals surface area (Å²) in [6, 6.07) is 4.13. The Morgan fingerprint density at radius 1 is 1.21 bits per heavy atom. The van der Waals surface area contributed by atoms with E-state index in [1.54, 1.807) is 0 Å². The third kappa shape index (κ3) is 4.45. The Bertz CT molecular complexity index is 862. The molecule has 2 aromatic heterocycles. The van der Waals surface area contributed by atoms with Crippen LogP contribution < -0.4 is 11.1 Å². The number of aromatic nitrogens is 3. The molecule has 7 nitrogen and oxygen atoms in total. The van der Waals surface area contributed by atoms with Gasteiger partial charge in [-0.05, 0) is 57.8 Å². The second-order valence-corrected chi connectivity index (χ2v) is 8.55. The fourth-order valence-corrected chi connectivity index (χ4v) is 4.57. The minimum absolute atomic E-state index is 0.0879. The van der Waals surface area contributed by atoms with Crippen LogP contribution in [0.15, 0.2) is 18.3 Å². The van der Waals surface area contributed by atoms with E-state index < -0.39 is 0 Å². The third-order valence-corrected chi connectivity index (χ3v) is 6.62. The van der Waals surface area contributed by atoms with Crippen LogP contribution in [0.2, 0.25) is 0 Å². The van der Waals surface area contributed by atoms with E-state index in [-0.39, 0.29) is 11.9 Å². The summed E-state index contributed by atoms with van der Waals surface area (Å²) in [5.74, 6) is 0.664. The van der Waals surface area contributed by atoms with E-state index in [1.807, 2.05) is 30.1 Å². The second kappa shape index (κ2) is 8.53. The smallest absolute Gasteiger partial charge is 0.255 e. The first-order valence-electron chi connectivity index (χ1n) is 10.8. The van der Waals surface area contributed by atoms with E-state index in [2.05, 4.69) is 27.2 Å². The molecule has 2 fully saturated rings. The molecule has 0 radical (unpaired) electrons. The highest BCUT2D eigenvalue weighted by Gasteiger charge is 2.24. The Kier molecular flexibility index (Phi) is 5.85. The fraction of sp³-hybridized carbons (Fsp3) is 0.591. The molecule has 1 saturated heterocycles. The maximum Gasteiger partial charge on any atom is 0.255 e. The molecule has 0 bridgehead atoms. The molecule has 0 unspecified atom stereocenters. The van der Waals surface area contributed by atoms with Gasteiger partial charge in [-0.15, -0.1) is 0 Å². The monoisotopic (exact) mass is 396 g/mol. The molecule has 0 spiro atoms. The number of nitrogen functional groups attached to an aromatic ring is 1. The molecule has 3 N–H and O–H groups in total. The van der Waals surface area contributed by atoms with E-state index in [4.69, 9.17) is 5.73 Å². The predicted octanol–water partition coefficient (Wildman–Crippen LogP) is 2.76. The molecule has 1 aliphatic carbocycles. The maximum absolute atomic E-state index is 12.5. The normalized spacial score (nSPS) is 19.0. The maximum atomic E-state index is 12.5. The summed E-state index contributed by atoms with van der Waals surface area (Å²) >= 11 is 0. The van der Waals surface area contributed by atoms with Crippen LogP contribution in [0.5, 0.6) is 0 Å². The van der Waals surface area contributed by atoms with Gasteiger partial charge >= 0.3 is 0 Å². The van der Waals surface area contributed by atoms with Crippen LogP contribution >= 0.6 is 0 Å². The lowest BCUT2D eigenvalue weighted by Crippen LogP contribution is -2.34. The molecular formula is C22H32N6O. The molecule has 29 heavy (non-hydrogen) atoms. The van der Waals surface area contributed by atoms with Crippen LogP contribution in [0.1, 0.15) is 71.8 Å². The summed E-state index contributed by atoms with van der Waals surface area (Å²) in [4.78, 5) is 19.6. The number of nitrogens with zero attached hydrogens (tertiary/aromatic N) is 4. The minimum atomic E-state index is -0.0879. The lowest BCUT2D eigenvalue weighted by atomic mass is 9.92. The second-order valence-electron chi connectivity index (χ2n) is 8.55. The SMILES string of the molecule is Cc1c(CN2CCC(c3ccc(C(=O)NC4CCCC4)c(N)n3)CC2)cnn1C. The molecule has 0 aromatic carbocycles. The number of nitrogens with two attached hydrogens (primary N) is 1. The van der Waals surface area contributed by atoms with Crippen molar-refractivity contribution >= 4 is 11.7 Å². The van der Waals surface area contributed by atoms with Crippen molar-refractivity contribution in [1.82, 2.24) is 25.0 Å². The number of rotatable bonds is 5. The number of piperidine rings is 1. The largest absolute Gasteiger partial charge is 0.383 e. The number of carbonyl (C=O) groups excluding carboxylic acids is 1. The average Bonchev–Trinajstić information content (AvgIpc) is 3.34. The van der Waals surface area contributed by atoms with Gasteiger partial charge in [-0.3, -0.25) is 14.4 Å². The fourth-order valence-electron chi connectivity index (χ4n) is 4.57. The third-order valence-electron chi connectivity index (χ3n) is 6.62. The number of aryl methyl sites for hydroxylation is 1. The van der Waals surface area contributed by atoms with E-state index in [0.29, 0.717) is 17.3 Å². The highest BCUT2D eigenvalue weighted by Crippen LogP contribution is 2.29. The van der Waals surface area contributed by atoms with E-state index in [9.17, 15) is 4.79 Å². The van der Waals surface area contributed by atoms with Crippen molar-refractivity contribution in [1.29, 1.82) is 0 Å². The van der Waals surface area contributed by atoms with Gasteiger partial charge in [0, 0.05) is 42.5 Å². The van der Waals surface area contributed by atoms with Crippen LogP contribution in [0.3, 0.4) is 0 Å². The number of hydrogen-bond acceptors (Lipinski definition) is 5. The zero-order valence-electron chi connectivity index (χ0n) is 17.5. The van der Waals surface area contributed by atoms with Crippen molar-refractivity contribution in [3.63, 3.8) is 0 Å². The van der Waals surface area contributed by atoms with Gasteiger partial charge in [0.2, 0.25) is 0 Å². The quantitative estimate of drug-likeness (QED) is 0.811. The van der Waals surface area contributed by atoms with Gasteiger partial charge in [0.15, 0.2) is 0 Å². The van der Waals surface area contributed by atoms with Crippen molar-refractivity contribution in [3.05, 3.63) is 40.8 Å². The van der Waals surface area contributed by atoms with E-state index >= 15 is 0 Å². The van der Waals surface area contributed by atoms with Gasteiger partial charge in [-0.1, -0.05) is 12.8 Å². The summed E-state index contributed by atoms with van der Waals surface area (Å²) in [6.45, 7) is 5.13. The molecule has 2 aliphatic rings. The number of carbonyl (C=O) groups is 1. The molecular weight excluding hydrogens is 364 g/mol. The first kappa shape index (κ1) is 19.9. The summed E-state index contributed by atoms with van der Waals surface area (Å²) in [5.41, 5.74) is 10.2. The summed E-state index contributed by atoms with van der Waals surface area (Å²) in [6.07, 6.45) is 8.59. The van der Waals surface area contributed by atoms with Gasteiger partial charge < -0.3 is 11.1 Å². The standard InChI is InChI=1S/C22H32N6O/c1-15-17(13-24-27(15)2)14-28-11-9-16(10-12-28)20-8-7-19(21(23)26-20)22(29)25-18-5-3-4-6-18/h7-8,13,16,18H,3-6,9-12,14H2,1-2H3,(H2,23,26)(H,25,29). The molecule has 1 amide bonds. The number of likely N-dealkylation sites (tertiary alicyclic amines) is 1. The minimum Gasteiger partial charge on any atom is -0.383 e. The Hall–Kier alpha value is -2.41. The molecule has 0 atom stereocenters. The lowest BCUT2D eigenvalue weighted by Gasteiger charge is -2.31. The van der Waals surface area contributed by atoms with Crippen LogP contribution in [-0.2, 0) is 13.6 Å². The van der Waals surface area contributed by atoms with Gasteiger partial charge in [0.05, 0.1) is 11.8 Å². The van der Waals surface area contributed by atoms with Gasteiger partial charge in [-0.2, -0.15) is 5.10 Å². The lowest BCUT2D eigenvalue weighted by molar-refractivity contribution is 0.0938. The molecule has 7 heteroatoms. The van der Waals surface area contributed by atoms with Gasteiger partial charge in [-0.25, -0.2) is 4.98 Å². The Balaban J connectivity index is 1.34. The van der Waals surface area contributed by atoms with Gasteiger partial charge in [0.1, 0.15) is 5.82 Å². The van der Waals surface area contributed by atoms with E-state index in [0.717, 1.165) is 51.0 Å². The average molecular weight is 397 g/mol. The highest BCUT2D eigenvalue weighted by atomic mass is 16.1. The van der Waals surface area contributed by atoms with Crippen molar-refractivity contribution in [2.45, 2.75) is 64.0 Å². The first-order chi connectivity index (χ1) is 14.0. The molecule has 1 saturated carbocycles. The van der Waals surface area contributed by atoms with E-state index in [1.165, 1.54) is 24.1 Å². The van der Waals surface area contributed by atoms with Crippen LogP contribution in [0, 0.1) is 6.92 Å². The molecule has 2 aromatic rings. The topological polar surface area (TPSA) is 89.1 Å². The number of pyridine rings is 1. The molecule has 156 valence electrons. The zero-order chi connectivity index (χ0) is 20.4. The Labute approximate surface area is 172 Å². The number of amides is 1. The first-order valence-corrected chi connectivity index (χ1v) is 10.8. The van der Waals surface area contributed by atoms with Crippen molar-refractivity contribution in [2.24, 2.45) is 7.05 Å². The molecule has 4 rings (SSSR count). The molecule has 3 heterocycles. The van der Waals surface area contributed by atoms with Crippen molar-refractivity contribution < 1.29 is 4.79 Å². The summed E-state index contributed by atoms with van der Waals surface area (Å²) in [7, 11) is 1.98. The highest BCUT2D eigenvalue weighted by molar-refractivity contribution is 5.98. The van der Waals surface area contributed by atoms with Crippen molar-refractivity contribution in [2.75, 3.05) is 18.8 Å². The van der Waals surface area contributed by atoms with Gasteiger partial charge in [0.25, 0.3) is 5.91 Å². The van der Waals surface area contributed by atoms with Crippen LogP contribution in [-0.4, -0.2) is 44.7 Å². The number of anilines is 1. The Morgan fingerprint density at radius 3 is 2.55 bits per heavy atom. The number of hydrogen-bond donors (Lipinski definition) is 2. The number of nitrogens with one attached hydrogen (secondary N) is 1. The molecule has 1 aliphatic heterocycles. The predicted molar refractivity (Wildman–Crippen MR) is 114 cm³/mol. The Morgan fingerprint density at radius 2 is 1.93 bits per heavy atom. The van der Waals surface area contributed by atoms with Crippen LogP contribution in [0.25, 0.3) is 0 Å². The van der Waals surface area contributed by atoms with Crippen molar-refractivity contribution in [3.8, 4) is 0 Å². The summed E-state index contributed by atoms with van der Waals surface area (Å²) in [5, 5.41) is 7.44. The van der Waals surface area contributed by atoms with Crippen LogP contribution in [0.4, 0.5) is 5.82 Å².